The minimum absolute atomic E-state index is 0.168. The number of hydrogen-bond acceptors (Lipinski definition) is 2. The Morgan fingerprint density at radius 2 is 2.12 bits per heavy atom. The highest BCUT2D eigenvalue weighted by molar-refractivity contribution is 9.10. The maximum atomic E-state index is 12.9. The molecule has 2 rings (SSSR count). The van der Waals surface area contributed by atoms with E-state index in [4.69, 9.17) is 11.6 Å². The number of rotatable bonds is 4. The number of benzene rings is 1. The van der Waals surface area contributed by atoms with Crippen LogP contribution in [-0.2, 0) is 13.1 Å². The molecule has 1 N–H and O–H groups in total. The molecule has 0 radical (unpaired) electrons. The number of nitrogens with one attached hydrogen (secondary N) is 1. The van der Waals surface area contributed by atoms with E-state index in [1.165, 1.54) is 11.6 Å². The van der Waals surface area contributed by atoms with E-state index in [9.17, 15) is 4.39 Å². The fraction of sp³-hybridized carbons (Fsp3) is 0.167. The Morgan fingerprint density at radius 1 is 1.29 bits per heavy atom. The molecule has 0 aliphatic carbocycles. The molecule has 0 unspecified atom stereocenters. The summed E-state index contributed by atoms with van der Waals surface area (Å²) >= 11 is 10.8. The van der Waals surface area contributed by atoms with Crippen LogP contribution in [0.2, 0.25) is 5.02 Å². The lowest BCUT2D eigenvalue weighted by molar-refractivity contribution is 0.625. The summed E-state index contributed by atoms with van der Waals surface area (Å²) in [6.07, 6.45) is 0. The molecule has 0 fully saturated rings. The molecule has 0 saturated heterocycles. The van der Waals surface area contributed by atoms with Crippen molar-refractivity contribution in [3.8, 4) is 0 Å². The molecule has 1 nitrogen and oxygen atoms in total. The molecule has 1 heterocycles. The van der Waals surface area contributed by atoms with Gasteiger partial charge in [0.1, 0.15) is 5.82 Å². The van der Waals surface area contributed by atoms with Gasteiger partial charge in [0.15, 0.2) is 0 Å². The molecule has 0 atom stereocenters. The number of thiophene rings is 1. The van der Waals surface area contributed by atoms with Crippen molar-refractivity contribution < 1.29 is 4.39 Å². The molecular weight excluding hydrogens is 325 g/mol. The van der Waals surface area contributed by atoms with Gasteiger partial charge in [-0.15, -0.1) is 0 Å². The first-order valence-electron chi connectivity index (χ1n) is 5.02. The zero-order valence-corrected chi connectivity index (χ0v) is 12.0. The molecule has 2 aromatic rings. The van der Waals surface area contributed by atoms with Crippen LogP contribution in [0.25, 0.3) is 0 Å². The first kappa shape index (κ1) is 13.0. The van der Waals surface area contributed by atoms with Crippen LogP contribution in [-0.4, -0.2) is 0 Å². The van der Waals surface area contributed by atoms with E-state index in [0.29, 0.717) is 6.54 Å². The topological polar surface area (TPSA) is 12.0 Å². The predicted octanol–water partition coefficient (Wildman–Crippen LogP) is 4.59. The van der Waals surface area contributed by atoms with Gasteiger partial charge in [0, 0.05) is 22.9 Å². The van der Waals surface area contributed by atoms with Crippen molar-refractivity contribution >= 4 is 38.9 Å². The van der Waals surface area contributed by atoms with Crippen LogP contribution in [0.3, 0.4) is 0 Å². The fourth-order valence-electron chi connectivity index (χ4n) is 1.43. The Balaban J connectivity index is 1.90. The molecular formula is C12H10BrClFNS. The van der Waals surface area contributed by atoms with Crippen LogP contribution in [0.15, 0.2) is 33.4 Å². The summed E-state index contributed by atoms with van der Waals surface area (Å²) in [5, 5.41) is 7.59. The van der Waals surface area contributed by atoms with Crippen molar-refractivity contribution in [2.75, 3.05) is 0 Å². The molecule has 0 amide bonds. The van der Waals surface area contributed by atoms with Crippen molar-refractivity contribution in [2.24, 2.45) is 0 Å². The Hall–Kier alpha value is -0.420. The van der Waals surface area contributed by atoms with Crippen LogP contribution in [0.4, 0.5) is 4.39 Å². The second-order valence-electron chi connectivity index (χ2n) is 3.60. The summed E-state index contributed by atoms with van der Waals surface area (Å²) in [5.74, 6) is -0.379. The van der Waals surface area contributed by atoms with E-state index in [1.54, 1.807) is 23.5 Å². The standard InChI is InChI=1S/C12H10BrClFNS/c13-10-7-17-6-9(10)5-16-4-8-1-2-12(15)11(14)3-8/h1-3,6-7,16H,4-5H2. The minimum Gasteiger partial charge on any atom is -0.309 e. The zero-order valence-electron chi connectivity index (χ0n) is 8.84. The minimum atomic E-state index is -0.379. The molecule has 0 aliphatic rings. The Bertz CT molecular complexity index is 515. The zero-order chi connectivity index (χ0) is 12.3. The van der Waals surface area contributed by atoms with Crippen LogP contribution in [0.1, 0.15) is 11.1 Å². The largest absolute Gasteiger partial charge is 0.309 e. The SMILES string of the molecule is Fc1ccc(CNCc2cscc2Br)cc1Cl. The monoisotopic (exact) mass is 333 g/mol. The third-order valence-corrected chi connectivity index (χ3v) is 4.44. The highest BCUT2D eigenvalue weighted by atomic mass is 79.9. The predicted molar refractivity (Wildman–Crippen MR) is 74.0 cm³/mol. The summed E-state index contributed by atoms with van der Waals surface area (Å²) in [6, 6.07) is 4.77. The smallest absolute Gasteiger partial charge is 0.141 e. The lowest BCUT2D eigenvalue weighted by Crippen LogP contribution is -2.12. The van der Waals surface area contributed by atoms with Gasteiger partial charge in [-0.25, -0.2) is 4.39 Å². The Kier molecular flexibility index (Phi) is 4.56. The van der Waals surface area contributed by atoms with Crippen LogP contribution in [0, 0.1) is 5.82 Å². The quantitative estimate of drug-likeness (QED) is 0.862. The molecule has 1 aromatic heterocycles. The summed E-state index contributed by atoms with van der Waals surface area (Å²) in [7, 11) is 0. The number of halogens is 3. The van der Waals surface area contributed by atoms with E-state index in [-0.39, 0.29) is 10.8 Å². The maximum absolute atomic E-state index is 12.9. The second-order valence-corrected chi connectivity index (χ2v) is 5.60. The second kappa shape index (κ2) is 5.96. The average molecular weight is 335 g/mol. The van der Waals surface area contributed by atoms with Gasteiger partial charge in [0.05, 0.1) is 5.02 Å². The van der Waals surface area contributed by atoms with Crippen molar-refractivity contribution in [3.05, 3.63) is 55.4 Å². The molecule has 0 spiro atoms. The normalized spacial score (nSPS) is 10.8. The van der Waals surface area contributed by atoms with Crippen LogP contribution >= 0.6 is 38.9 Å². The highest BCUT2D eigenvalue weighted by Gasteiger charge is 2.02. The maximum Gasteiger partial charge on any atom is 0.141 e. The lowest BCUT2D eigenvalue weighted by Gasteiger charge is -2.05. The van der Waals surface area contributed by atoms with Gasteiger partial charge in [0.2, 0.25) is 0 Å². The van der Waals surface area contributed by atoms with E-state index in [1.807, 2.05) is 5.38 Å². The van der Waals surface area contributed by atoms with E-state index in [0.717, 1.165) is 16.6 Å². The van der Waals surface area contributed by atoms with Crippen LogP contribution in [0.5, 0.6) is 0 Å². The van der Waals surface area contributed by atoms with E-state index < -0.39 is 0 Å². The van der Waals surface area contributed by atoms with Crippen molar-refractivity contribution in [3.63, 3.8) is 0 Å². The lowest BCUT2D eigenvalue weighted by atomic mass is 10.2. The summed E-state index contributed by atoms with van der Waals surface area (Å²) in [6.45, 7) is 1.45. The van der Waals surface area contributed by atoms with Crippen LogP contribution < -0.4 is 5.32 Å². The number of hydrogen-bond donors (Lipinski definition) is 1. The molecule has 90 valence electrons. The van der Waals surface area contributed by atoms with Crippen molar-refractivity contribution in [1.29, 1.82) is 0 Å². The average Bonchev–Trinajstić information content (AvgIpc) is 2.70. The Labute approximate surface area is 117 Å². The molecule has 0 aliphatic heterocycles. The first-order chi connectivity index (χ1) is 8.16. The third kappa shape index (κ3) is 3.52. The summed E-state index contributed by atoms with van der Waals surface area (Å²) in [5.41, 5.74) is 2.20. The molecule has 1 aromatic carbocycles. The summed E-state index contributed by atoms with van der Waals surface area (Å²) < 4.78 is 14.1. The first-order valence-corrected chi connectivity index (χ1v) is 7.13. The van der Waals surface area contributed by atoms with Gasteiger partial charge in [-0.05, 0) is 44.6 Å². The third-order valence-electron chi connectivity index (χ3n) is 2.32. The van der Waals surface area contributed by atoms with Gasteiger partial charge in [-0.2, -0.15) is 11.3 Å². The fourth-order valence-corrected chi connectivity index (χ4v) is 3.07. The van der Waals surface area contributed by atoms with Gasteiger partial charge < -0.3 is 5.32 Å². The summed E-state index contributed by atoms with van der Waals surface area (Å²) in [4.78, 5) is 0. The van der Waals surface area contributed by atoms with E-state index >= 15 is 0 Å². The molecule has 0 saturated carbocycles. The van der Waals surface area contributed by atoms with Crippen molar-refractivity contribution in [2.45, 2.75) is 13.1 Å². The van der Waals surface area contributed by atoms with Crippen molar-refractivity contribution in [1.82, 2.24) is 5.32 Å². The van der Waals surface area contributed by atoms with Gasteiger partial charge in [-0.3, -0.25) is 0 Å². The Morgan fingerprint density at radius 3 is 2.76 bits per heavy atom. The van der Waals surface area contributed by atoms with Gasteiger partial charge in [0.25, 0.3) is 0 Å². The highest BCUT2D eigenvalue weighted by Crippen LogP contribution is 2.21. The molecule has 17 heavy (non-hydrogen) atoms. The molecule has 5 heteroatoms. The van der Waals surface area contributed by atoms with Gasteiger partial charge >= 0.3 is 0 Å². The van der Waals surface area contributed by atoms with E-state index in [2.05, 4.69) is 26.6 Å². The molecule has 0 bridgehead atoms. The van der Waals surface area contributed by atoms with Gasteiger partial charge in [-0.1, -0.05) is 17.7 Å².